The van der Waals surface area contributed by atoms with E-state index in [-0.39, 0.29) is 5.78 Å². The molecule has 58 valence electrons. The SMILES string of the molecule is CNC(C)/C(C)=C\C(C)=O. The van der Waals surface area contributed by atoms with Gasteiger partial charge in [0.25, 0.3) is 0 Å². The Morgan fingerprint density at radius 2 is 2.00 bits per heavy atom. The van der Waals surface area contributed by atoms with Gasteiger partial charge in [-0.1, -0.05) is 5.57 Å². The van der Waals surface area contributed by atoms with Crippen LogP contribution in [0.4, 0.5) is 0 Å². The lowest BCUT2D eigenvalue weighted by Gasteiger charge is -2.08. The third-order valence-electron chi connectivity index (χ3n) is 1.55. The smallest absolute Gasteiger partial charge is 0.152 e. The second kappa shape index (κ2) is 4.23. The molecule has 0 rings (SSSR count). The Morgan fingerprint density at radius 3 is 2.30 bits per heavy atom. The van der Waals surface area contributed by atoms with Gasteiger partial charge >= 0.3 is 0 Å². The van der Waals surface area contributed by atoms with Crippen LogP contribution >= 0.6 is 0 Å². The average molecular weight is 141 g/mol. The van der Waals surface area contributed by atoms with Crippen LogP contribution in [0.25, 0.3) is 0 Å². The summed E-state index contributed by atoms with van der Waals surface area (Å²) in [4.78, 5) is 10.6. The Bertz CT molecular complexity index is 149. The molecule has 0 saturated heterocycles. The van der Waals surface area contributed by atoms with Crippen LogP contribution in [0, 0.1) is 0 Å². The quantitative estimate of drug-likeness (QED) is 0.597. The Kier molecular flexibility index (Phi) is 3.96. The van der Waals surface area contributed by atoms with Crippen LogP contribution in [0.15, 0.2) is 11.6 Å². The van der Waals surface area contributed by atoms with Gasteiger partial charge in [0, 0.05) is 6.04 Å². The molecule has 0 aliphatic rings. The maximum Gasteiger partial charge on any atom is 0.152 e. The highest BCUT2D eigenvalue weighted by atomic mass is 16.1. The van der Waals surface area contributed by atoms with Crippen LogP contribution in [0.2, 0.25) is 0 Å². The monoisotopic (exact) mass is 141 g/mol. The van der Waals surface area contributed by atoms with Gasteiger partial charge in [0.05, 0.1) is 0 Å². The van der Waals surface area contributed by atoms with Crippen molar-refractivity contribution in [3.05, 3.63) is 11.6 Å². The van der Waals surface area contributed by atoms with E-state index in [1.54, 1.807) is 13.0 Å². The van der Waals surface area contributed by atoms with Crippen molar-refractivity contribution in [3.8, 4) is 0 Å². The molecule has 2 nitrogen and oxygen atoms in total. The van der Waals surface area contributed by atoms with Gasteiger partial charge in [-0.15, -0.1) is 0 Å². The molecule has 0 bridgehead atoms. The summed E-state index contributed by atoms with van der Waals surface area (Å²) in [6.45, 7) is 5.53. The summed E-state index contributed by atoms with van der Waals surface area (Å²) >= 11 is 0. The molecule has 1 N–H and O–H groups in total. The van der Waals surface area contributed by atoms with E-state index < -0.39 is 0 Å². The first-order valence-electron chi connectivity index (χ1n) is 3.44. The summed E-state index contributed by atoms with van der Waals surface area (Å²) < 4.78 is 0. The molecule has 0 radical (unpaired) electrons. The molecule has 10 heavy (non-hydrogen) atoms. The summed E-state index contributed by atoms with van der Waals surface area (Å²) in [5, 5.41) is 3.05. The lowest BCUT2D eigenvalue weighted by atomic mass is 10.1. The summed E-state index contributed by atoms with van der Waals surface area (Å²) in [5.74, 6) is 0.111. The zero-order chi connectivity index (χ0) is 8.15. The Hall–Kier alpha value is -0.630. The van der Waals surface area contributed by atoms with Crippen molar-refractivity contribution in [1.82, 2.24) is 5.32 Å². The minimum Gasteiger partial charge on any atom is -0.314 e. The molecule has 0 aliphatic heterocycles. The van der Waals surface area contributed by atoms with Gasteiger partial charge in [0.15, 0.2) is 5.78 Å². The summed E-state index contributed by atoms with van der Waals surface area (Å²) in [5.41, 5.74) is 1.08. The van der Waals surface area contributed by atoms with E-state index in [0.29, 0.717) is 6.04 Å². The van der Waals surface area contributed by atoms with E-state index in [2.05, 4.69) is 5.32 Å². The van der Waals surface area contributed by atoms with Crippen molar-refractivity contribution < 1.29 is 4.79 Å². The maximum absolute atomic E-state index is 10.6. The van der Waals surface area contributed by atoms with Crippen molar-refractivity contribution in [3.63, 3.8) is 0 Å². The summed E-state index contributed by atoms with van der Waals surface area (Å²) in [6, 6.07) is 0.295. The first-order chi connectivity index (χ1) is 4.57. The predicted molar refractivity (Wildman–Crippen MR) is 43.0 cm³/mol. The fourth-order valence-corrected chi connectivity index (χ4v) is 0.673. The van der Waals surface area contributed by atoms with Crippen LogP contribution in [-0.2, 0) is 4.79 Å². The summed E-state index contributed by atoms with van der Waals surface area (Å²) in [7, 11) is 1.88. The van der Waals surface area contributed by atoms with E-state index in [1.165, 1.54) is 0 Å². The van der Waals surface area contributed by atoms with E-state index in [9.17, 15) is 4.79 Å². The van der Waals surface area contributed by atoms with Crippen molar-refractivity contribution in [1.29, 1.82) is 0 Å². The van der Waals surface area contributed by atoms with Gasteiger partial charge in [-0.2, -0.15) is 0 Å². The van der Waals surface area contributed by atoms with Crippen molar-refractivity contribution in [2.45, 2.75) is 26.8 Å². The third kappa shape index (κ3) is 3.41. The largest absolute Gasteiger partial charge is 0.314 e. The standard InChI is InChI=1S/C8H15NO/c1-6(5-7(2)10)8(3)9-4/h5,8-9H,1-4H3/b6-5-. The number of hydrogen-bond acceptors (Lipinski definition) is 2. The molecule has 0 aliphatic carbocycles. The van der Waals surface area contributed by atoms with Gasteiger partial charge < -0.3 is 5.32 Å². The fourth-order valence-electron chi connectivity index (χ4n) is 0.673. The Balaban J connectivity index is 4.04. The zero-order valence-corrected chi connectivity index (χ0v) is 7.06. The van der Waals surface area contributed by atoms with E-state index >= 15 is 0 Å². The average Bonchev–Trinajstić information content (AvgIpc) is 1.85. The number of allylic oxidation sites excluding steroid dienone is 1. The lowest BCUT2D eigenvalue weighted by Crippen LogP contribution is -2.22. The minimum atomic E-state index is 0.111. The molecule has 0 amide bonds. The second-order valence-electron chi connectivity index (χ2n) is 2.51. The van der Waals surface area contributed by atoms with E-state index in [0.717, 1.165) is 5.57 Å². The Labute approximate surface area is 62.3 Å². The molecule has 1 atom stereocenters. The highest BCUT2D eigenvalue weighted by Gasteiger charge is 1.99. The highest BCUT2D eigenvalue weighted by molar-refractivity contribution is 5.88. The van der Waals surface area contributed by atoms with Crippen LogP contribution < -0.4 is 5.32 Å². The van der Waals surface area contributed by atoms with Crippen molar-refractivity contribution in [2.75, 3.05) is 7.05 Å². The lowest BCUT2D eigenvalue weighted by molar-refractivity contribution is -0.112. The molecule has 1 unspecified atom stereocenters. The van der Waals surface area contributed by atoms with E-state index in [1.807, 2.05) is 20.9 Å². The van der Waals surface area contributed by atoms with Crippen LogP contribution in [0.1, 0.15) is 20.8 Å². The number of rotatable bonds is 3. The normalized spacial score (nSPS) is 15.0. The molecule has 0 fully saturated rings. The number of carbonyl (C=O) groups excluding carboxylic acids is 1. The number of carbonyl (C=O) groups is 1. The number of ketones is 1. The van der Waals surface area contributed by atoms with Crippen molar-refractivity contribution in [2.24, 2.45) is 0 Å². The number of hydrogen-bond donors (Lipinski definition) is 1. The third-order valence-corrected chi connectivity index (χ3v) is 1.55. The second-order valence-corrected chi connectivity index (χ2v) is 2.51. The highest BCUT2D eigenvalue weighted by Crippen LogP contribution is 1.98. The molecule has 0 aromatic rings. The zero-order valence-electron chi connectivity index (χ0n) is 7.06. The molecule has 0 aromatic carbocycles. The van der Waals surface area contributed by atoms with E-state index in [4.69, 9.17) is 0 Å². The molecular formula is C8H15NO. The van der Waals surface area contributed by atoms with Gasteiger partial charge in [0.2, 0.25) is 0 Å². The fraction of sp³-hybridized carbons (Fsp3) is 0.625. The maximum atomic E-state index is 10.6. The molecule has 0 saturated carbocycles. The molecule has 2 heteroatoms. The molecule has 0 aromatic heterocycles. The predicted octanol–water partition coefficient (Wildman–Crippen LogP) is 1.13. The van der Waals surface area contributed by atoms with Crippen LogP contribution in [0.3, 0.4) is 0 Å². The molecule has 0 heterocycles. The first-order valence-corrected chi connectivity index (χ1v) is 3.44. The van der Waals surface area contributed by atoms with Crippen molar-refractivity contribution >= 4 is 5.78 Å². The minimum absolute atomic E-state index is 0.111. The van der Waals surface area contributed by atoms with Gasteiger partial charge in [-0.25, -0.2) is 0 Å². The number of nitrogens with one attached hydrogen (secondary N) is 1. The van der Waals surface area contributed by atoms with Crippen LogP contribution in [0.5, 0.6) is 0 Å². The Morgan fingerprint density at radius 1 is 1.50 bits per heavy atom. The summed E-state index contributed by atoms with van der Waals surface area (Å²) in [6.07, 6.45) is 1.65. The van der Waals surface area contributed by atoms with Gasteiger partial charge in [-0.3, -0.25) is 4.79 Å². The molecule has 0 spiro atoms. The van der Waals surface area contributed by atoms with Crippen LogP contribution in [-0.4, -0.2) is 18.9 Å². The first kappa shape index (κ1) is 9.37. The number of likely N-dealkylation sites (N-methyl/N-ethyl adjacent to an activating group) is 1. The van der Waals surface area contributed by atoms with Gasteiger partial charge in [-0.05, 0) is 33.9 Å². The van der Waals surface area contributed by atoms with Gasteiger partial charge in [0.1, 0.15) is 0 Å². The topological polar surface area (TPSA) is 29.1 Å². The molecular weight excluding hydrogens is 126 g/mol.